The van der Waals surface area contributed by atoms with Crippen LogP contribution < -0.4 is 65.4 Å². The molecule has 6 heterocycles. The van der Waals surface area contributed by atoms with Gasteiger partial charge in [-0.2, -0.15) is 0 Å². The number of hydrogen-bond donors (Lipinski definition) is 5. The fraction of sp³-hybridized carbons (Fsp3) is 0.135. The van der Waals surface area contributed by atoms with E-state index in [-0.39, 0.29) is 17.1 Å². The third kappa shape index (κ3) is 18.3. The first-order valence-electron chi connectivity index (χ1n) is 36.4. The average Bonchev–Trinajstić information content (AvgIpc) is 1.45. The van der Waals surface area contributed by atoms with Gasteiger partial charge in [0.05, 0.1) is 136 Å². The van der Waals surface area contributed by atoms with E-state index in [1.807, 2.05) is 146 Å². The Balaban J connectivity index is 0.000000143. The van der Waals surface area contributed by atoms with E-state index in [0.29, 0.717) is 155 Å². The summed E-state index contributed by atoms with van der Waals surface area (Å²) in [5, 5.41) is 8.60. The number of anilines is 1. The molecular formula is C89H80ClN15O12. The lowest BCUT2D eigenvalue weighted by Gasteiger charge is -2.14. The van der Waals surface area contributed by atoms with Gasteiger partial charge in [0.25, 0.3) is 0 Å². The Morgan fingerprint density at radius 2 is 0.650 bits per heavy atom. The molecule has 0 unspecified atom stereocenters. The number of halogens is 1. The van der Waals surface area contributed by atoms with Crippen LogP contribution in [0.25, 0.3) is 67.7 Å². The summed E-state index contributed by atoms with van der Waals surface area (Å²) >= 11 is 5.95. The van der Waals surface area contributed by atoms with Gasteiger partial charge in [-0.1, -0.05) is 169 Å². The smallest absolute Gasteiger partial charge is 0.329 e. The van der Waals surface area contributed by atoms with E-state index < -0.39 is 0 Å². The zero-order chi connectivity index (χ0) is 82.1. The number of nitrogens with one attached hydrogen (secondary N) is 4. The van der Waals surface area contributed by atoms with Gasteiger partial charge in [0, 0.05) is 38.5 Å². The lowest BCUT2D eigenvalue weighted by Crippen LogP contribution is -2.17. The molecule has 27 nitrogen and oxygen atoms in total. The van der Waals surface area contributed by atoms with Gasteiger partial charge in [0.2, 0.25) is 17.2 Å². The minimum atomic E-state index is -0.297. The third-order valence-electron chi connectivity index (χ3n) is 18.6. The number of fused-ring (bicyclic) bond motifs is 3. The molecule has 0 aliphatic rings. The largest absolute Gasteiger partial charge is 0.493 e. The number of aromatic amines is 3. The first-order valence-corrected chi connectivity index (χ1v) is 36.8. The van der Waals surface area contributed by atoms with Gasteiger partial charge in [-0.25, -0.2) is 49.3 Å². The SMILES string of the molecule is COc1cc(-c2cnc3[nH]c(=O)n(Cc4ccc(Cl)cc4)c3n2)cc(OC)c1OC.COc1cc(-c2cnc3[nH]c(=O)n(Cc4ccc(N)cc4)c3n2)cc(OC)c1OC.COc1cc(-c2cnc3[nH]c(=O)n(Cc4ccc(N=C(c5ccccc5)c5ccccc5)cc4)c3n2)cc(OC)c1OC.N=C(c1ccccc1)c1ccccc1. The molecule has 0 spiro atoms. The van der Waals surface area contributed by atoms with Crippen molar-refractivity contribution in [3.05, 3.63) is 325 Å². The topological polar surface area (TPSA) is 336 Å². The summed E-state index contributed by atoms with van der Waals surface area (Å²) in [7, 11) is 13.9. The second-order valence-electron chi connectivity index (χ2n) is 25.9. The van der Waals surface area contributed by atoms with Crippen molar-refractivity contribution in [3.63, 3.8) is 0 Å². The molecule has 0 saturated heterocycles. The van der Waals surface area contributed by atoms with Crippen LogP contribution in [0, 0.1) is 5.41 Å². The van der Waals surface area contributed by atoms with Crippen LogP contribution in [0.3, 0.4) is 0 Å². The van der Waals surface area contributed by atoms with Crippen LogP contribution in [0.15, 0.2) is 268 Å². The molecule has 0 amide bonds. The van der Waals surface area contributed by atoms with Gasteiger partial charge < -0.3 is 48.4 Å². The van der Waals surface area contributed by atoms with Crippen molar-refractivity contribution in [2.75, 3.05) is 69.7 Å². The first-order chi connectivity index (χ1) is 57.0. The molecule has 0 saturated carbocycles. The number of H-pyrrole nitrogens is 3. The maximum atomic E-state index is 13.0. The molecule has 0 atom stereocenters. The van der Waals surface area contributed by atoms with E-state index in [1.54, 1.807) is 148 Å². The van der Waals surface area contributed by atoms with Crippen molar-refractivity contribution in [2.24, 2.45) is 4.99 Å². The predicted molar refractivity (Wildman–Crippen MR) is 453 cm³/mol. The van der Waals surface area contributed by atoms with Crippen molar-refractivity contribution < 1.29 is 42.6 Å². The molecule has 0 aliphatic heterocycles. The fourth-order valence-electron chi connectivity index (χ4n) is 12.7. The maximum Gasteiger partial charge on any atom is 0.329 e. The second kappa shape index (κ2) is 37.0. The molecule has 0 aliphatic carbocycles. The monoisotopic (exact) mass is 1590 g/mol. The number of imidazole rings is 3. The van der Waals surface area contributed by atoms with Crippen molar-refractivity contribution in [2.45, 2.75) is 19.6 Å². The lowest BCUT2D eigenvalue weighted by molar-refractivity contribution is 0.324. The minimum absolute atomic E-state index is 0.288. The number of aliphatic imine (C=N–C) groups is 1. The second-order valence-corrected chi connectivity index (χ2v) is 26.3. The van der Waals surface area contributed by atoms with Gasteiger partial charge in [0.1, 0.15) is 0 Å². The van der Waals surface area contributed by atoms with E-state index in [4.69, 9.17) is 75.4 Å². The average molecular weight is 1590 g/mol. The number of benzene rings is 10. The predicted octanol–water partition coefficient (Wildman–Crippen LogP) is 15.1. The van der Waals surface area contributed by atoms with Crippen molar-refractivity contribution >= 4 is 68.3 Å². The zero-order valence-electron chi connectivity index (χ0n) is 65.1. The quantitative estimate of drug-likeness (QED) is 0.0293. The number of rotatable bonds is 23. The molecule has 0 fully saturated rings. The Hall–Kier alpha value is -15.1. The summed E-state index contributed by atoms with van der Waals surface area (Å²) in [4.78, 5) is 78.6. The highest BCUT2D eigenvalue weighted by Gasteiger charge is 2.22. The number of aromatic nitrogens is 12. The molecule has 28 heteroatoms. The Morgan fingerprint density at radius 3 is 0.932 bits per heavy atom. The van der Waals surface area contributed by atoms with Crippen LogP contribution in [0.1, 0.15) is 38.9 Å². The van der Waals surface area contributed by atoms with E-state index in [1.165, 1.54) is 9.13 Å². The third-order valence-corrected chi connectivity index (χ3v) is 18.9. The molecule has 0 bridgehead atoms. The highest BCUT2D eigenvalue weighted by molar-refractivity contribution is 6.30. The zero-order valence-corrected chi connectivity index (χ0v) is 65.9. The number of nitrogens with two attached hydrogens (primary N) is 1. The van der Waals surface area contributed by atoms with Gasteiger partial charge in [-0.3, -0.25) is 34.1 Å². The summed E-state index contributed by atoms with van der Waals surface area (Å²) < 4.78 is 53.5. The van der Waals surface area contributed by atoms with Crippen LogP contribution in [0.2, 0.25) is 5.02 Å². The summed E-state index contributed by atoms with van der Waals surface area (Å²) in [5.41, 5.74) is 20.9. The van der Waals surface area contributed by atoms with Crippen LogP contribution in [0.4, 0.5) is 11.4 Å². The molecule has 16 rings (SSSR count). The van der Waals surface area contributed by atoms with Gasteiger partial charge in [-0.05, 0) is 101 Å². The Kier molecular flexibility index (Phi) is 25.3. The van der Waals surface area contributed by atoms with Crippen molar-refractivity contribution in [1.29, 1.82) is 5.41 Å². The van der Waals surface area contributed by atoms with Crippen LogP contribution in [-0.4, -0.2) is 134 Å². The molecule has 590 valence electrons. The molecular weight excluding hydrogens is 1510 g/mol. The molecule has 6 aromatic heterocycles. The van der Waals surface area contributed by atoms with Crippen LogP contribution in [0.5, 0.6) is 51.7 Å². The molecule has 16 aromatic rings. The highest BCUT2D eigenvalue weighted by Crippen LogP contribution is 2.44. The number of nitrogens with zero attached hydrogens (tertiary/aromatic N) is 10. The molecule has 117 heavy (non-hydrogen) atoms. The minimum Gasteiger partial charge on any atom is -0.493 e. The van der Waals surface area contributed by atoms with Crippen LogP contribution >= 0.6 is 11.6 Å². The first kappa shape index (κ1) is 79.9. The summed E-state index contributed by atoms with van der Waals surface area (Å²) in [5.74, 6) is 4.45. The van der Waals surface area contributed by atoms with Crippen LogP contribution in [-0.2, 0) is 19.6 Å². The molecule has 10 aromatic carbocycles. The fourth-order valence-corrected chi connectivity index (χ4v) is 12.9. The maximum absolute atomic E-state index is 13.0. The van der Waals surface area contributed by atoms with Gasteiger partial charge in [-0.15, -0.1) is 0 Å². The standard InChI is InChI=1S/C34H29N5O4.C21H19ClN4O4.C21H21N5O4.C13H11N/c1-41-28-18-25(19-29(42-2)31(28)43-3)27-20-35-32-33(37-27)39(34(40)38-32)21-22-14-16-26(17-15-22)36-30(23-10-6-4-7-11-23)24-12-8-5-9-13-24;2*1-28-16-8-13(9-17(29-2)18(16)30-3)15-10-23-19-20(24-15)26(21(27)25-19)11-12-4-6-14(22)7-5-12;14-13(11-7-3-1-4-8-11)12-9-5-2-6-10-12/h4-20H,21H2,1-3H3,(H,35,38,40);4-10H,11H2,1-3H3,(H,23,25,27);4-10H,11,22H2,1-3H3,(H,23,25,27);1-10,14H. The van der Waals surface area contributed by atoms with Crippen molar-refractivity contribution in [1.82, 2.24) is 58.6 Å². The number of hydrogen-bond acceptors (Lipinski definition) is 21. The number of nitrogen functional groups attached to an aromatic ring is 1. The van der Waals surface area contributed by atoms with E-state index in [9.17, 15) is 14.4 Å². The van der Waals surface area contributed by atoms with E-state index in [2.05, 4.69) is 64.1 Å². The summed E-state index contributed by atoms with van der Waals surface area (Å²) in [6, 6.07) is 72.9. The van der Waals surface area contributed by atoms with Crippen molar-refractivity contribution in [3.8, 4) is 85.5 Å². The van der Waals surface area contributed by atoms with Gasteiger partial charge in [0.15, 0.2) is 68.4 Å². The molecule has 6 N–H and O–H groups in total. The van der Waals surface area contributed by atoms with Gasteiger partial charge >= 0.3 is 17.1 Å². The number of ether oxygens (including phenoxy) is 9. The summed E-state index contributed by atoms with van der Waals surface area (Å²) in [6.07, 6.45) is 4.78. The highest BCUT2D eigenvalue weighted by atomic mass is 35.5. The summed E-state index contributed by atoms with van der Waals surface area (Å²) in [6.45, 7) is 0.982. The van der Waals surface area contributed by atoms with E-state index >= 15 is 0 Å². The Bertz CT molecular complexity index is 6020. The Labute approximate surface area is 675 Å². The lowest BCUT2D eigenvalue weighted by atomic mass is 10.0. The van der Waals surface area contributed by atoms with E-state index in [0.717, 1.165) is 50.3 Å². The Morgan fingerprint density at radius 1 is 0.376 bits per heavy atom. The normalized spacial score (nSPS) is 10.8. The molecule has 0 radical (unpaired) electrons. The number of methoxy groups -OCH3 is 9.